The molecule has 0 bridgehead atoms. The predicted octanol–water partition coefficient (Wildman–Crippen LogP) is 1.76. The van der Waals surface area contributed by atoms with E-state index in [2.05, 4.69) is 11.9 Å². The zero-order valence-electron chi connectivity index (χ0n) is 7.00. The van der Waals surface area contributed by atoms with Crippen LogP contribution in [0.5, 0.6) is 0 Å². The number of fused-ring (bicyclic) bond motifs is 1. The number of hydrogen-bond donors (Lipinski definition) is 0. The first kappa shape index (κ1) is 8.53. The van der Waals surface area contributed by atoms with E-state index in [4.69, 9.17) is 0 Å². The van der Waals surface area contributed by atoms with Gasteiger partial charge in [0.1, 0.15) is 5.75 Å². The number of aryl methyl sites for hydroxylation is 2. The molecule has 0 saturated heterocycles. The minimum Gasteiger partial charge on any atom is -0.610 e. The number of hydrogen-bond acceptors (Lipinski definition) is 3. The fourth-order valence-corrected chi connectivity index (χ4v) is 3.91. The van der Waals surface area contributed by atoms with Crippen molar-refractivity contribution in [3.8, 4) is 0 Å². The molecule has 4 heteroatoms. The van der Waals surface area contributed by atoms with Gasteiger partial charge in [-0.05, 0) is 19.3 Å². The Morgan fingerprint density at radius 1 is 1.67 bits per heavy atom. The van der Waals surface area contributed by atoms with Crippen molar-refractivity contribution in [2.75, 3.05) is 5.75 Å². The van der Waals surface area contributed by atoms with Crippen molar-refractivity contribution >= 4 is 22.5 Å². The lowest BCUT2D eigenvalue weighted by Gasteiger charge is -2.13. The Labute approximate surface area is 79.2 Å². The van der Waals surface area contributed by atoms with E-state index in [9.17, 15) is 4.55 Å². The number of thiazole rings is 1. The second-order valence-corrected chi connectivity index (χ2v) is 5.50. The third-order valence-corrected chi connectivity index (χ3v) is 4.77. The Bertz CT molecular complexity index is 285. The first-order valence-electron chi connectivity index (χ1n) is 4.18. The topological polar surface area (TPSA) is 36.0 Å². The van der Waals surface area contributed by atoms with Crippen molar-refractivity contribution in [2.45, 2.75) is 31.2 Å². The summed E-state index contributed by atoms with van der Waals surface area (Å²) in [5.41, 5.74) is 0. The van der Waals surface area contributed by atoms with Crippen LogP contribution in [0.3, 0.4) is 0 Å². The molecule has 1 aromatic rings. The lowest BCUT2D eigenvalue weighted by molar-refractivity contribution is 0.582. The van der Waals surface area contributed by atoms with Crippen molar-refractivity contribution < 1.29 is 4.55 Å². The number of rotatable bonds is 1. The highest BCUT2D eigenvalue weighted by atomic mass is 32.2. The van der Waals surface area contributed by atoms with Crippen LogP contribution >= 0.6 is 11.3 Å². The SMILES string of the molecule is CCc1nc2c(s1)CCC[S+]2[O-]. The average Bonchev–Trinajstić information content (AvgIpc) is 2.49. The Morgan fingerprint density at radius 2 is 2.50 bits per heavy atom. The van der Waals surface area contributed by atoms with E-state index < -0.39 is 11.2 Å². The van der Waals surface area contributed by atoms with E-state index in [0.29, 0.717) is 0 Å². The highest BCUT2D eigenvalue weighted by Crippen LogP contribution is 2.29. The summed E-state index contributed by atoms with van der Waals surface area (Å²) in [6.07, 6.45) is 3.11. The molecule has 0 radical (unpaired) electrons. The normalized spacial score (nSPS) is 22.3. The van der Waals surface area contributed by atoms with Crippen LogP contribution in [0.25, 0.3) is 0 Å². The zero-order valence-corrected chi connectivity index (χ0v) is 8.63. The Kier molecular flexibility index (Phi) is 2.39. The van der Waals surface area contributed by atoms with Gasteiger partial charge in [0.25, 0.3) is 5.03 Å². The van der Waals surface area contributed by atoms with Crippen LogP contribution in [-0.2, 0) is 24.0 Å². The molecule has 0 saturated carbocycles. The van der Waals surface area contributed by atoms with Gasteiger partial charge in [-0.15, -0.1) is 11.3 Å². The minimum atomic E-state index is -0.797. The molecule has 0 fully saturated rings. The van der Waals surface area contributed by atoms with Gasteiger partial charge >= 0.3 is 0 Å². The number of aromatic nitrogens is 1. The van der Waals surface area contributed by atoms with Crippen LogP contribution in [0, 0.1) is 0 Å². The summed E-state index contributed by atoms with van der Waals surface area (Å²) in [7, 11) is 0. The molecule has 0 aliphatic carbocycles. The van der Waals surface area contributed by atoms with Crippen LogP contribution in [0.2, 0.25) is 0 Å². The molecule has 2 rings (SSSR count). The smallest absolute Gasteiger partial charge is 0.258 e. The van der Waals surface area contributed by atoms with E-state index in [1.807, 2.05) is 0 Å². The van der Waals surface area contributed by atoms with Gasteiger partial charge in [0.15, 0.2) is 0 Å². The third kappa shape index (κ3) is 1.39. The molecule has 0 N–H and O–H groups in total. The third-order valence-electron chi connectivity index (χ3n) is 1.96. The summed E-state index contributed by atoms with van der Waals surface area (Å²) >= 11 is 0.938. The summed E-state index contributed by atoms with van der Waals surface area (Å²) in [6, 6.07) is 0. The molecule has 1 atom stereocenters. The largest absolute Gasteiger partial charge is 0.610 e. The van der Waals surface area contributed by atoms with Crippen LogP contribution in [0.15, 0.2) is 5.03 Å². The van der Waals surface area contributed by atoms with Crippen molar-refractivity contribution in [1.29, 1.82) is 0 Å². The van der Waals surface area contributed by atoms with E-state index >= 15 is 0 Å². The molecule has 1 aliphatic rings. The second-order valence-electron chi connectivity index (χ2n) is 2.84. The summed E-state index contributed by atoms with van der Waals surface area (Å²) in [5.74, 6) is 0.805. The molecule has 66 valence electrons. The minimum absolute atomic E-state index is 0.797. The quantitative estimate of drug-likeness (QED) is 0.649. The first-order valence-corrected chi connectivity index (χ1v) is 6.31. The molecule has 0 amide bonds. The summed E-state index contributed by atoms with van der Waals surface area (Å²) in [5, 5.41) is 2.01. The highest BCUT2D eigenvalue weighted by Gasteiger charge is 2.26. The number of nitrogens with zero attached hydrogens (tertiary/aromatic N) is 1. The monoisotopic (exact) mass is 201 g/mol. The van der Waals surface area contributed by atoms with Crippen molar-refractivity contribution in [2.24, 2.45) is 0 Å². The molecule has 1 aromatic heterocycles. The molecule has 2 heterocycles. The summed E-state index contributed by atoms with van der Waals surface area (Å²) in [4.78, 5) is 5.63. The maximum Gasteiger partial charge on any atom is 0.258 e. The van der Waals surface area contributed by atoms with Gasteiger partial charge in [0.05, 0.1) is 9.88 Å². The molecule has 1 aliphatic heterocycles. The van der Waals surface area contributed by atoms with E-state index in [-0.39, 0.29) is 0 Å². The Balaban J connectivity index is 2.37. The molecule has 0 aromatic carbocycles. The van der Waals surface area contributed by atoms with E-state index in [1.165, 1.54) is 4.88 Å². The van der Waals surface area contributed by atoms with Gasteiger partial charge < -0.3 is 4.55 Å². The van der Waals surface area contributed by atoms with Crippen molar-refractivity contribution in [3.63, 3.8) is 0 Å². The fraction of sp³-hybridized carbons (Fsp3) is 0.625. The Hall–Kier alpha value is -0.0600. The molecular weight excluding hydrogens is 190 g/mol. The standard InChI is InChI=1S/C8H11NOS2/c1-2-7-9-8-6(11-7)4-3-5-12(8)10/h2-5H2,1H3. The van der Waals surface area contributed by atoms with E-state index in [0.717, 1.165) is 35.0 Å². The molecule has 1 unspecified atom stereocenters. The van der Waals surface area contributed by atoms with E-state index in [1.54, 1.807) is 11.3 Å². The van der Waals surface area contributed by atoms with Gasteiger partial charge in [-0.3, -0.25) is 0 Å². The Morgan fingerprint density at radius 3 is 3.17 bits per heavy atom. The zero-order chi connectivity index (χ0) is 8.55. The molecule has 12 heavy (non-hydrogen) atoms. The van der Waals surface area contributed by atoms with Gasteiger partial charge in [-0.25, -0.2) is 0 Å². The molecular formula is C8H11NOS2. The maximum atomic E-state index is 11.5. The molecule has 2 nitrogen and oxygen atoms in total. The van der Waals surface area contributed by atoms with Gasteiger partial charge in [0.2, 0.25) is 0 Å². The average molecular weight is 201 g/mol. The maximum absolute atomic E-state index is 11.5. The van der Waals surface area contributed by atoms with Gasteiger partial charge in [-0.1, -0.05) is 6.92 Å². The predicted molar refractivity (Wildman–Crippen MR) is 51.1 cm³/mol. The summed E-state index contributed by atoms with van der Waals surface area (Å²) < 4.78 is 11.5. The van der Waals surface area contributed by atoms with Crippen LogP contribution in [0.4, 0.5) is 0 Å². The first-order chi connectivity index (χ1) is 5.81. The highest BCUT2D eigenvalue weighted by molar-refractivity contribution is 7.91. The second kappa shape index (κ2) is 3.36. The van der Waals surface area contributed by atoms with Crippen molar-refractivity contribution in [1.82, 2.24) is 4.98 Å². The fourth-order valence-electron chi connectivity index (χ4n) is 1.33. The lowest BCUT2D eigenvalue weighted by atomic mass is 10.3. The van der Waals surface area contributed by atoms with Gasteiger partial charge in [-0.2, -0.15) is 4.98 Å². The lowest BCUT2D eigenvalue weighted by Crippen LogP contribution is -2.14. The summed E-state index contributed by atoms with van der Waals surface area (Å²) in [6.45, 7) is 2.09. The van der Waals surface area contributed by atoms with Crippen LogP contribution < -0.4 is 0 Å². The van der Waals surface area contributed by atoms with Gasteiger partial charge in [0, 0.05) is 11.2 Å². The van der Waals surface area contributed by atoms with Crippen LogP contribution in [0.1, 0.15) is 23.2 Å². The van der Waals surface area contributed by atoms with Crippen molar-refractivity contribution in [3.05, 3.63) is 9.88 Å². The van der Waals surface area contributed by atoms with Crippen LogP contribution in [-0.4, -0.2) is 15.3 Å². The molecule has 0 spiro atoms.